The fraction of sp³-hybridized carbons (Fsp3) is 0.222. The van der Waals surface area contributed by atoms with Crippen molar-refractivity contribution < 1.29 is 9.59 Å². The summed E-state index contributed by atoms with van der Waals surface area (Å²) in [6, 6.07) is 14.6. The molecule has 0 saturated carbocycles. The second-order valence-corrected chi connectivity index (χ2v) is 6.11. The van der Waals surface area contributed by atoms with Crippen molar-refractivity contribution >= 4 is 23.4 Å². The predicted molar refractivity (Wildman–Crippen MR) is 89.6 cm³/mol. The van der Waals surface area contributed by atoms with Crippen LogP contribution in [0.3, 0.4) is 0 Å². The van der Waals surface area contributed by atoms with E-state index in [1.54, 1.807) is 24.3 Å². The highest BCUT2D eigenvalue weighted by Crippen LogP contribution is 2.22. The van der Waals surface area contributed by atoms with E-state index >= 15 is 0 Å². The van der Waals surface area contributed by atoms with Crippen molar-refractivity contribution in [1.29, 1.82) is 0 Å². The van der Waals surface area contributed by atoms with Crippen molar-refractivity contribution in [3.05, 3.63) is 70.2 Å². The summed E-state index contributed by atoms with van der Waals surface area (Å²) in [5.41, 5.74) is 2.13. The molecule has 0 unspecified atom stereocenters. The number of amides is 2. The molecule has 118 valence electrons. The molecule has 1 heterocycles. The van der Waals surface area contributed by atoms with Gasteiger partial charge in [0.2, 0.25) is 0 Å². The van der Waals surface area contributed by atoms with E-state index in [0.717, 1.165) is 12.1 Å². The van der Waals surface area contributed by atoms with Gasteiger partial charge >= 0.3 is 0 Å². The molecule has 1 aliphatic heterocycles. The van der Waals surface area contributed by atoms with Crippen LogP contribution in [0.15, 0.2) is 48.5 Å². The number of benzene rings is 2. The third kappa shape index (κ3) is 3.28. The first-order valence-electron chi connectivity index (χ1n) is 7.44. The molecule has 0 spiro atoms. The molecular weight excluding hydrogens is 312 g/mol. The van der Waals surface area contributed by atoms with Crippen LogP contribution in [0, 0.1) is 0 Å². The Bertz CT molecular complexity index is 708. The highest BCUT2D eigenvalue weighted by atomic mass is 35.5. The minimum Gasteiger partial charge on any atom is -0.300 e. The molecule has 0 saturated heterocycles. The van der Waals surface area contributed by atoms with E-state index in [1.807, 2.05) is 31.3 Å². The molecule has 2 aromatic rings. The summed E-state index contributed by atoms with van der Waals surface area (Å²) in [6.45, 7) is 1.74. The van der Waals surface area contributed by atoms with Crippen LogP contribution >= 0.6 is 11.6 Å². The van der Waals surface area contributed by atoms with Gasteiger partial charge in [-0.1, -0.05) is 35.9 Å². The van der Waals surface area contributed by atoms with E-state index in [1.165, 1.54) is 4.90 Å². The van der Waals surface area contributed by atoms with Crippen LogP contribution in [-0.4, -0.2) is 41.8 Å². The molecule has 5 heteroatoms. The number of hydrogen-bond acceptors (Lipinski definition) is 3. The topological polar surface area (TPSA) is 40.6 Å². The summed E-state index contributed by atoms with van der Waals surface area (Å²) in [6.07, 6.45) is 0. The molecule has 2 amide bonds. The second-order valence-electron chi connectivity index (χ2n) is 5.67. The predicted octanol–water partition coefficient (Wildman–Crippen LogP) is 3.07. The molecule has 0 bridgehead atoms. The first-order chi connectivity index (χ1) is 11.1. The Hall–Kier alpha value is -2.17. The number of fused-ring (bicyclic) bond motifs is 1. The van der Waals surface area contributed by atoms with Crippen molar-refractivity contribution in [2.75, 3.05) is 20.1 Å². The Balaban J connectivity index is 1.59. The number of carbonyl (C=O) groups is 2. The van der Waals surface area contributed by atoms with E-state index < -0.39 is 0 Å². The number of halogens is 1. The van der Waals surface area contributed by atoms with Gasteiger partial charge in [0.05, 0.1) is 11.1 Å². The lowest BCUT2D eigenvalue weighted by Gasteiger charge is -2.20. The molecule has 23 heavy (non-hydrogen) atoms. The summed E-state index contributed by atoms with van der Waals surface area (Å²) in [5.74, 6) is -0.406. The Morgan fingerprint density at radius 3 is 2.09 bits per heavy atom. The lowest BCUT2D eigenvalue weighted by Crippen LogP contribution is -2.36. The van der Waals surface area contributed by atoms with E-state index in [4.69, 9.17) is 11.6 Å². The molecule has 0 atom stereocenters. The SMILES string of the molecule is CN(CCN1C(=O)c2ccccc2C1=O)Cc1ccc(Cl)cc1. The zero-order valence-corrected chi connectivity index (χ0v) is 13.6. The highest BCUT2D eigenvalue weighted by molar-refractivity contribution is 6.30. The van der Waals surface area contributed by atoms with Gasteiger partial charge in [0.25, 0.3) is 11.8 Å². The van der Waals surface area contributed by atoms with Crippen LogP contribution < -0.4 is 0 Å². The Labute approximate surface area is 140 Å². The first kappa shape index (κ1) is 15.7. The van der Waals surface area contributed by atoms with Gasteiger partial charge in [-0.3, -0.25) is 14.5 Å². The van der Waals surface area contributed by atoms with Crippen molar-refractivity contribution in [3.8, 4) is 0 Å². The Morgan fingerprint density at radius 2 is 1.52 bits per heavy atom. The number of imide groups is 1. The van der Waals surface area contributed by atoms with Crippen LogP contribution in [-0.2, 0) is 6.54 Å². The summed E-state index contributed by atoms with van der Waals surface area (Å²) >= 11 is 5.88. The number of nitrogens with zero attached hydrogens (tertiary/aromatic N) is 2. The number of likely N-dealkylation sites (N-methyl/N-ethyl adjacent to an activating group) is 1. The fourth-order valence-electron chi connectivity index (χ4n) is 2.69. The minimum atomic E-state index is -0.203. The van der Waals surface area contributed by atoms with Crippen LogP contribution in [0.1, 0.15) is 26.3 Å². The van der Waals surface area contributed by atoms with Gasteiger partial charge in [0.15, 0.2) is 0 Å². The molecular formula is C18H17ClN2O2. The monoisotopic (exact) mass is 328 g/mol. The molecule has 0 radical (unpaired) electrons. The van der Waals surface area contributed by atoms with Gasteiger partial charge in [0.1, 0.15) is 0 Å². The summed E-state index contributed by atoms with van der Waals surface area (Å²) in [7, 11) is 1.97. The highest BCUT2D eigenvalue weighted by Gasteiger charge is 2.34. The third-order valence-electron chi connectivity index (χ3n) is 3.95. The van der Waals surface area contributed by atoms with Crippen molar-refractivity contribution in [3.63, 3.8) is 0 Å². The Kier molecular flexibility index (Phi) is 4.46. The van der Waals surface area contributed by atoms with Gasteiger partial charge in [-0.15, -0.1) is 0 Å². The smallest absolute Gasteiger partial charge is 0.261 e. The quantitative estimate of drug-likeness (QED) is 0.792. The molecule has 2 aromatic carbocycles. The first-order valence-corrected chi connectivity index (χ1v) is 7.82. The lowest BCUT2D eigenvalue weighted by molar-refractivity contribution is 0.0640. The van der Waals surface area contributed by atoms with Crippen LogP contribution in [0.5, 0.6) is 0 Å². The molecule has 0 aliphatic carbocycles. The lowest BCUT2D eigenvalue weighted by atomic mass is 10.1. The fourth-order valence-corrected chi connectivity index (χ4v) is 2.82. The second kappa shape index (κ2) is 6.52. The van der Waals surface area contributed by atoms with Gasteiger partial charge < -0.3 is 4.90 Å². The maximum absolute atomic E-state index is 12.3. The summed E-state index contributed by atoms with van der Waals surface area (Å²) in [5, 5.41) is 0.711. The summed E-state index contributed by atoms with van der Waals surface area (Å²) in [4.78, 5) is 28.0. The maximum Gasteiger partial charge on any atom is 0.261 e. The molecule has 0 aromatic heterocycles. The largest absolute Gasteiger partial charge is 0.300 e. The standard InChI is InChI=1S/C18H17ClN2O2/c1-20(12-13-6-8-14(19)9-7-13)10-11-21-17(22)15-4-2-3-5-16(15)18(21)23/h2-9H,10-12H2,1H3. The van der Waals surface area contributed by atoms with Crippen LogP contribution in [0.4, 0.5) is 0 Å². The van der Waals surface area contributed by atoms with Gasteiger partial charge in [-0.05, 0) is 36.9 Å². The van der Waals surface area contributed by atoms with Crippen molar-refractivity contribution in [2.45, 2.75) is 6.54 Å². The molecule has 4 nitrogen and oxygen atoms in total. The van der Waals surface area contributed by atoms with E-state index in [-0.39, 0.29) is 11.8 Å². The van der Waals surface area contributed by atoms with Gasteiger partial charge in [0, 0.05) is 24.7 Å². The average molecular weight is 329 g/mol. The van der Waals surface area contributed by atoms with E-state index in [9.17, 15) is 9.59 Å². The zero-order chi connectivity index (χ0) is 16.4. The number of rotatable bonds is 5. The van der Waals surface area contributed by atoms with E-state index in [2.05, 4.69) is 4.90 Å². The van der Waals surface area contributed by atoms with Crippen molar-refractivity contribution in [2.24, 2.45) is 0 Å². The normalized spacial score (nSPS) is 13.8. The maximum atomic E-state index is 12.3. The average Bonchev–Trinajstić information content (AvgIpc) is 2.80. The molecule has 3 rings (SSSR count). The Morgan fingerprint density at radius 1 is 0.957 bits per heavy atom. The third-order valence-corrected chi connectivity index (χ3v) is 4.20. The van der Waals surface area contributed by atoms with Gasteiger partial charge in [-0.2, -0.15) is 0 Å². The number of carbonyl (C=O) groups excluding carboxylic acids is 2. The summed E-state index contributed by atoms with van der Waals surface area (Å²) < 4.78 is 0. The number of hydrogen-bond donors (Lipinski definition) is 0. The molecule has 0 fully saturated rings. The van der Waals surface area contributed by atoms with Crippen LogP contribution in [0.2, 0.25) is 5.02 Å². The van der Waals surface area contributed by atoms with Crippen molar-refractivity contribution in [1.82, 2.24) is 9.80 Å². The van der Waals surface area contributed by atoms with E-state index in [0.29, 0.717) is 29.2 Å². The van der Waals surface area contributed by atoms with Crippen LogP contribution in [0.25, 0.3) is 0 Å². The van der Waals surface area contributed by atoms with Gasteiger partial charge in [-0.25, -0.2) is 0 Å². The zero-order valence-electron chi connectivity index (χ0n) is 12.8. The minimum absolute atomic E-state index is 0.203. The molecule has 1 aliphatic rings. The molecule has 0 N–H and O–H groups in total.